The van der Waals surface area contributed by atoms with Crippen LogP contribution in [0.5, 0.6) is 5.75 Å². The maximum Gasteiger partial charge on any atom is 0.295 e. The van der Waals surface area contributed by atoms with E-state index in [1.165, 1.54) is 4.68 Å². The first-order valence-corrected chi connectivity index (χ1v) is 9.79. The number of nitrogens with zero attached hydrogens (tertiary/aromatic N) is 2. The quantitative estimate of drug-likeness (QED) is 0.589. The van der Waals surface area contributed by atoms with Crippen LogP contribution in [0.3, 0.4) is 0 Å². The summed E-state index contributed by atoms with van der Waals surface area (Å²) >= 11 is 5.94. The van der Waals surface area contributed by atoms with Gasteiger partial charge in [0, 0.05) is 18.5 Å². The first-order valence-electron chi connectivity index (χ1n) is 9.41. The molecule has 1 amide bonds. The molecular weight excluding hydrogens is 390 g/mol. The molecule has 0 spiro atoms. The van der Waals surface area contributed by atoms with E-state index in [0.29, 0.717) is 29.4 Å². The summed E-state index contributed by atoms with van der Waals surface area (Å²) < 4.78 is 8.99. The number of carbonyl (C=O) groups is 1. The van der Waals surface area contributed by atoms with Crippen molar-refractivity contribution in [2.24, 2.45) is 7.05 Å². The van der Waals surface area contributed by atoms with Crippen LogP contribution in [0.15, 0.2) is 53.3 Å². The normalized spacial score (nSPS) is 10.8. The van der Waals surface area contributed by atoms with Crippen molar-refractivity contribution in [1.82, 2.24) is 9.36 Å². The molecule has 3 aromatic rings. The van der Waals surface area contributed by atoms with Gasteiger partial charge in [0.25, 0.3) is 5.56 Å². The Balaban J connectivity index is 1.60. The molecule has 0 bridgehead atoms. The van der Waals surface area contributed by atoms with E-state index in [1.54, 1.807) is 17.8 Å². The minimum absolute atomic E-state index is 0.215. The van der Waals surface area contributed by atoms with E-state index in [4.69, 9.17) is 16.3 Å². The van der Waals surface area contributed by atoms with E-state index in [-0.39, 0.29) is 17.9 Å². The molecule has 1 aromatic heterocycles. The minimum Gasteiger partial charge on any atom is -0.493 e. The van der Waals surface area contributed by atoms with Crippen molar-refractivity contribution in [3.63, 3.8) is 0 Å². The number of benzene rings is 2. The van der Waals surface area contributed by atoms with Gasteiger partial charge in [0.15, 0.2) is 0 Å². The van der Waals surface area contributed by atoms with Crippen LogP contribution in [0, 0.1) is 13.8 Å². The molecule has 152 valence electrons. The Hall–Kier alpha value is -2.99. The molecule has 0 fully saturated rings. The molecule has 0 aliphatic heterocycles. The van der Waals surface area contributed by atoms with Crippen LogP contribution < -0.4 is 15.6 Å². The van der Waals surface area contributed by atoms with Gasteiger partial charge in [-0.2, -0.15) is 0 Å². The molecular formula is C22H24ClN3O3. The molecule has 6 nitrogen and oxygen atoms in total. The van der Waals surface area contributed by atoms with Crippen molar-refractivity contribution in [3.05, 3.63) is 75.2 Å². The number of carbonyl (C=O) groups excluding carboxylic acids is 1. The van der Waals surface area contributed by atoms with E-state index < -0.39 is 0 Å². The summed E-state index contributed by atoms with van der Waals surface area (Å²) in [5, 5.41) is 3.42. The SMILES string of the molecule is Cc1cc(Cl)ccc1OCCCC(=O)Nc1c(C)n(C)n(-c2ccccc2)c1=O. The van der Waals surface area contributed by atoms with Gasteiger partial charge in [0.1, 0.15) is 11.4 Å². The Morgan fingerprint density at radius 3 is 2.55 bits per heavy atom. The maximum atomic E-state index is 12.8. The zero-order chi connectivity index (χ0) is 21.0. The number of ether oxygens (including phenoxy) is 1. The molecule has 0 saturated carbocycles. The number of para-hydroxylation sites is 1. The highest BCUT2D eigenvalue weighted by atomic mass is 35.5. The van der Waals surface area contributed by atoms with Crippen LogP contribution in [0.1, 0.15) is 24.1 Å². The summed E-state index contributed by atoms with van der Waals surface area (Å²) in [6.45, 7) is 4.13. The summed E-state index contributed by atoms with van der Waals surface area (Å²) in [6, 6.07) is 14.7. The third-order valence-electron chi connectivity index (χ3n) is 4.76. The standard InChI is InChI=1S/C22H24ClN3O3/c1-15-14-17(23)11-12-19(15)29-13-7-10-20(27)24-21-16(2)25(3)26(22(21)28)18-8-5-4-6-9-18/h4-6,8-9,11-12,14H,7,10,13H2,1-3H3,(H,24,27). The van der Waals surface area contributed by atoms with Crippen molar-refractivity contribution in [2.75, 3.05) is 11.9 Å². The zero-order valence-electron chi connectivity index (χ0n) is 16.7. The van der Waals surface area contributed by atoms with Crippen molar-refractivity contribution in [1.29, 1.82) is 0 Å². The number of amides is 1. The van der Waals surface area contributed by atoms with Gasteiger partial charge in [-0.15, -0.1) is 0 Å². The second-order valence-corrected chi connectivity index (χ2v) is 7.28. The number of hydrogen-bond donors (Lipinski definition) is 1. The summed E-state index contributed by atoms with van der Waals surface area (Å²) in [6.07, 6.45) is 0.790. The Morgan fingerprint density at radius 2 is 1.86 bits per heavy atom. The average Bonchev–Trinajstić information content (AvgIpc) is 2.90. The molecule has 0 aliphatic carbocycles. The highest BCUT2D eigenvalue weighted by Crippen LogP contribution is 2.22. The molecule has 1 N–H and O–H groups in total. The molecule has 0 radical (unpaired) electrons. The van der Waals surface area contributed by atoms with Gasteiger partial charge in [-0.3, -0.25) is 14.3 Å². The fraction of sp³-hybridized carbons (Fsp3) is 0.273. The lowest BCUT2D eigenvalue weighted by Crippen LogP contribution is -2.23. The highest BCUT2D eigenvalue weighted by molar-refractivity contribution is 6.30. The number of rotatable bonds is 7. The lowest BCUT2D eigenvalue weighted by atomic mass is 10.2. The Kier molecular flexibility index (Phi) is 6.44. The molecule has 29 heavy (non-hydrogen) atoms. The lowest BCUT2D eigenvalue weighted by molar-refractivity contribution is -0.116. The number of anilines is 1. The van der Waals surface area contributed by atoms with Crippen molar-refractivity contribution in [2.45, 2.75) is 26.7 Å². The summed E-state index contributed by atoms with van der Waals surface area (Å²) in [7, 11) is 1.79. The summed E-state index contributed by atoms with van der Waals surface area (Å²) in [5.74, 6) is 0.534. The van der Waals surface area contributed by atoms with Gasteiger partial charge in [0.2, 0.25) is 5.91 Å². The molecule has 1 heterocycles. The van der Waals surface area contributed by atoms with Gasteiger partial charge in [0.05, 0.1) is 18.0 Å². The third kappa shape index (κ3) is 4.71. The monoisotopic (exact) mass is 413 g/mol. The van der Waals surface area contributed by atoms with Crippen molar-refractivity contribution in [3.8, 4) is 11.4 Å². The van der Waals surface area contributed by atoms with Crippen LogP contribution in [0.4, 0.5) is 5.69 Å². The fourth-order valence-electron chi connectivity index (χ4n) is 3.10. The van der Waals surface area contributed by atoms with Gasteiger partial charge in [-0.25, -0.2) is 4.68 Å². The number of halogens is 1. The maximum absolute atomic E-state index is 12.8. The number of hydrogen-bond acceptors (Lipinski definition) is 3. The predicted octanol–water partition coefficient (Wildman–Crippen LogP) is 4.24. The molecule has 0 aliphatic rings. The van der Waals surface area contributed by atoms with Gasteiger partial charge in [-0.05, 0) is 56.2 Å². The van der Waals surface area contributed by atoms with Crippen molar-refractivity contribution >= 4 is 23.2 Å². The Morgan fingerprint density at radius 1 is 1.14 bits per heavy atom. The second kappa shape index (κ2) is 9.01. The van der Waals surface area contributed by atoms with Crippen LogP contribution >= 0.6 is 11.6 Å². The van der Waals surface area contributed by atoms with Crippen molar-refractivity contribution < 1.29 is 9.53 Å². The summed E-state index contributed by atoms with van der Waals surface area (Å²) in [4.78, 5) is 25.2. The van der Waals surface area contributed by atoms with Gasteiger partial charge >= 0.3 is 0 Å². The number of aromatic nitrogens is 2. The van der Waals surface area contributed by atoms with E-state index in [2.05, 4.69) is 5.32 Å². The van der Waals surface area contributed by atoms with Crippen LogP contribution in [-0.4, -0.2) is 21.9 Å². The Bertz CT molecular complexity index is 1070. The molecule has 0 atom stereocenters. The second-order valence-electron chi connectivity index (χ2n) is 6.85. The average molecular weight is 414 g/mol. The van der Waals surface area contributed by atoms with E-state index in [1.807, 2.05) is 56.3 Å². The molecule has 0 unspecified atom stereocenters. The van der Waals surface area contributed by atoms with E-state index in [9.17, 15) is 9.59 Å². The molecule has 3 rings (SSSR count). The largest absolute Gasteiger partial charge is 0.493 e. The molecule has 2 aromatic carbocycles. The molecule has 7 heteroatoms. The first kappa shape index (κ1) is 20.7. The Labute approximate surface area is 174 Å². The fourth-order valence-corrected chi connectivity index (χ4v) is 3.33. The number of nitrogens with one attached hydrogen (secondary N) is 1. The predicted molar refractivity (Wildman–Crippen MR) is 115 cm³/mol. The zero-order valence-corrected chi connectivity index (χ0v) is 17.5. The van der Waals surface area contributed by atoms with E-state index >= 15 is 0 Å². The van der Waals surface area contributed by atoms with Crippen LogP contribution in [0.2, 0.25) is 5.02 Å². The minimum atomic E-state index is -0.252. The van der Waals surface area contributed by atoms with Gasteiger partial charge in [-0.1, -0.05) is 29.8 Å². The summed E-state index contributed by atoms with van der Waals surface area (Å²) in [5.41, 5.74) is 2.44. The third-order valence-corrected chi connectivity index (χ3v) is 5.00. The first-order chi connectivity index (χ1) is 13.9. The molecule has 0 saturated heterocycles. The lowest BCUT2D eigenvalue weighted by Gasteiger charge is -2.09. The van der Waals surface area contributed by atoms with E-state index in [0.717, 1.165) is 17.0 Å². The van der Waals surface area contributed by atoms with Crippen LogP contribution in [-0.2, 0) is 11.8 Å². The smallest absolute Gasteiger partial charge is 0.295 e. The highest BCUT2D eigenvalue weighted by Gasteiger charge is 2.17. The van der Waals surface area contributed by atoms with Crippen LogP contribution in [0.25, 0.3) is 5.69 Å². The topological polar surface area (TPSA) is 65.3 Å². The number of aryl methyl sites for hydroxylation is 1. The van der Waals surface area contributed by atoms with Gasteiger partial charge < -0.3 is 10.1 Å².